The molecule has 11 N–H and O–H groups in total. The molecule has 0 amide bonds. The highest BCUT2D eigenvalue weighted by atomic mass is 16.8. The van der Waals surface area contributed by atoms with Gasteiger partial charge in [0, 0.05) is 17.7 Å². The molecule has 3 heterocycles. The van der Waals surface area contributed by atoms with Gasteiger partial charge in [0.1, 0.15) is 65.2 Å². The first-order valence-corrected chi connectivity index (χ1v) is 13.2. The Hall–Kier alpha value is -3.75. The average Bonchev–Trinajstić information content (AvgIpc) is 2.98. The molecule has 0 spiro atoms. The summed E-state index contributed by atoms with van der Waals surface area (Å²) < 4.78 is 28.1. The molecule has 0 radical (unpaired) electrons. The van der Waals surface area contributed by atoms with Gasteiger partial charge in [-0.1, -0.05) is 0 Å². The number of fused-ring (bicyclic) bond motifs is 1. The average molecular weight is 627 g/mol. The quantitative estimate of drug-likeness (QED) is 0.119. The number of aliphatic hydroxyl groups is 7. The van der Waals surface area contributed by atoms with Crippen LogP contribution in [0.4, 0.5) is 0 Å². The Labute approximate surface area is 246 Å². The number of aromatic hydroxyl groups is 4. The molecular weight excluding hydrogens is 596 g/mol. The third-order valence-corrected chi connectivity index (χ3v) is 7.35. The molecule has 1 unspecified atom stereocenters. The maximum Gasteiger partial charge on any atom is 0.239 e. The first-order valence-electron chi connectivity index (χ1n) is 13.2. The van der Waals surface area contributed by atoms with Crippen molar-refractivity contribution in [1.82, 2.24) is 0 Å². The Morgan fingerprint density at radius 2 is 1.34 bits per heavy atom. The van der Waals surface area contributed by atoms with Crippen LogP contribution in [0.1, 0.15) is 0 Å². The van der Waals surface area contributed by atoms with E-state index in [9.17, 15) is 61.0 Å². The first kappa shape index (κ1) is 31.7. The van der Waals surface area contributed by atoms with E-state index in [2.05, 4.69) is 0 Å². The molecule has 17 nitrogen and oxygen atoms in total. The Balaban J connectivity index is 1.61. The van der Waals surface area contributed by atoms with Crippen molar-refractivity contribution in [1.29, 1.82) is 0 Å². The SMILES string of the molecule is O=c1c(OC2O[C@H](CO)[C@@H](O)[C@H](O)[C@H]2O[C@@H]2O[C@H](CO)[C@@H](O)[C@H](O)[C@H]2O)c(-c2ccc(O)c(O)c2)oc2cc(O)cc(O)c12. The van der Waals surface area contributed by atoms with Crippen molar-refractivity contribution in [2.75, 3.05) is 13.2 Å². The van der Waals surface area contributed by atoms with E-state index in [0.29, 0.717) is 0 Å². The van der Waals surface area contributed by atoms with E-state index >= 15 is 0 Å². The molecule has 2 aliphatic rings. The normalized spacial score (nSPS) is 32.5. The molecule has 1 aromatic heterocycles. The topological polar surface area (TPSA) is 290 Å². The number of rotatable bonds is 7. The van der Waals surface area contributed by atoms with Gasteiger partial charge in [0.25, 0.3) is 0 Å². The van der Waals surface area contributed by atoms with Crippen LogP contribution in [0.25, 0.3) is 22.3 Å². The largest absolute Gasteiger partial charge is 0.508 e. The van der Waals surface area contributed by atoms with E-state index in [1.54, 1.807) is 0 Å². The molecule has 0 bridgehead atoms. The van der Waals surface area contributed by atoms with Crippen LogP contribution in [0.3, 0.4) is 0 Å². The second-order valence-corrected chi connectivity index (χ2v) is 10.3. The Morgan fingerprint density at radius 1 is 0.705 bits per heavy atom. The van der Waals surface area contributed by atoms with E-state index in [1.807, 2.05) is 0 Å². The molecule has 2 aliphatic heterocycles. The molecule has 5 rings (SSSR count). The van der Waals surface area contributed by atoms with Crippen LogP contribution in [-0.2, 0) is 14.2 Å². The zero-order valence-electron chi connectivity index (χ0n) is 22.4. The molecule has 10 atom stereocenters. The second-order valence-electron chi connectivity index (χ2n) is 10.3. The van der Waals surface area contributed by atoms with Gasteiger partial charge in [0.2, 0.25) is 17.5 Å². The van der Waals surface area contributed by atoms with Gasteiger partial charge in [-0.3, -0.25) is 4.79 Å². The third-order valence-electron chi connectivity index (χ3n) is 7.35. The van der Waals surface area contributed by atoms with Crippen LogP contribution in [0, 0.1) is 0 Å². The van der Waals surface area contributed by atoms with E-state index in [1.165, 1.54) is 6.07 Å². The molecule has 2 saturated heterocycles. The van der Waals surface area contributed by atoms with Crippen LogP contribution in [0.5, 0.6) is 28.7 Å². The summed E-state index contributed by atoms with van der Waals surface area (Å²) in [4.78, 5) is 13.7. The zero-order valence-corrected chi connectivity index (χ0v) is 22.4. The zero-order chi connectivity index (χ0) is 32.0. The molecule has 0 saturated carbocycles. The molecule has 2 aromatic carbocycles. The number of phenols is 4. The highest BCUT2D eigenvalue weighted by Crippen LogP contribution is 2.40. The lowest BCUT2D eigenvalue weighted by atomic mass is 9.97. The van der Waals surface area contributed by atoms with Gasteiger partial charge in [-0.2, -0.15) is 0 Å². The summed E-state index contributed by atoms with van der Waals surface area (Å²) in [5.41, 5.74) is -1.47. The van der Waals surface area contributed by atoms with Gasteiger partial charge in [-0.15, -0.1) is 0 Å². The molecule has 240 valence electrons. The minimum absolute atomic E-state index is 0.0707. The van der Waals surface area contributed by atoms with Crippen LogP contribution < -0.4 is 10.2 Å². The monoisotopic (exact) mass is 626 g/mol. The Bertz CT molecular complexity index is 1560. The minimum atomic E-state index is -1.97. The van der Waals surface area contributed by atoms with E-state index in [4.69, 9.17) is 23.4 Å². The number of hydrogen-bond acceptors (Lipinski definition) is 17. The van der Waals surface area contributed by atoms with Gasteiger partial charge in [0.05, 0.1) is 13.2 Å². The smallest absolute Gasteiger partial charge is 0.239 e. The van der Waals surface area contributed by atoms with Crippen molar-refractivity contribution >= 4 is 11.0 Å². The van der Waals surface area contributed by atoms with Gasteiger partial charge in [-0.25, -0.2) is 0 Å². The fourth-order valence-electron chi connectivity index (χ4n) is 4.98. The molecular formula is C27H30O17. The van der Waals surface area contributed by atoms with Gasteiger partial charge in [0.15, 0.2) is 29.7 Å². The summed E-state index contributed by atoms with van der Waals surface area (Å²) in [6.45, 7) is -1.68. The van der Waals surface area contributed by atoms with Crippen molar-refractivity contribution < 1.29 is 79.5 Å². The number of phenolic OH excluding ortho intramolecular Hbond substituents is 4. The van der Waals surface area contributed by atoms with E-state index < -0.39 is 120 Å². The van der Waals surface area contributed by atoms with Crippen molar-refractivity contribution in [3.8, 4) is 40.1 Å². The van der Waals surface area contributed by atoms with Crippen LogP contribution in [-0.4, -0.2) is 131 Å². The lowest BCUT2D eigenvalue weighted by molar-refractivity contribution is -0.358. The Kier molecular flexibility index (Phi) is 8.87. The maximum atomic E-state index is 13.7. The lowest BCUT2D eigenvalue weighted by Gasteiger charge is -2.45. The highest BCUT2D eigenvalue weighted by molar-refractivity contribution is 5.88. The van der Waals surface area contributed by atoms with Gasteiger partial charge < -0.3 is 79.5 Å². The summed E-state index contributed by atoms with van der Waals surface area (Å²) in [6, 6.07) is 5.12. The number of benzene rings is 2. The first-order chi connectivity index (χ1) is 20.9. The summed E-state index contributed by atoms with van der Waals surface area (Å²) in [7, 11) is 0. The van der Waals surface area contributed by atoms with Crippen molar-refractivity contribution in [3.05, 3.63) is 40.6 Å². The molecule has 44 heavy (non-hydrogen) atoms. The van der Waals surface area contributed by atoms with Crippen LogP contribution >= 0.6 is 0 Å². The van der Waals surface area contributed by atoms with Crippen LogP contribution in [0.15, 0.2) is 39.5 Å². The Morgan fingerprint density at radius 3 is 1.98 bits per heavy atom. The highest BCUT2D eigenvalue weighted by Gasteiger charge is 2.51. The summed E-state index contributed by atoms with van der Waals surface area (Å²) in [5.74, 6) is -3.54. The molecule has 0 aliphatic carbocycles. The maximum absolute atomic E-state index is 13.7. The lowest BCUT2D eigenvalue weighted by Crippen LogP contribution is -2.65. The summed E-state index contributed by atoms with van der Waals surface area (Å²) >= 11 is 0. The molecule has 3 aromatic rings. The number of ether oxygens (including phenoxy) is 4. The number of hydrogen-bond donors (Lipinski definition) is 11. The fraction of sp³-hybridized carbons (Fsp3) is 0.444. The summed E-state index contributed by atoms with van der Waals surface area (Å²) in [5, 5.41) is 111. The molecule has 17 heteroatoms. The number of aliphatic hydroxyl groups excluding tert-OH is 7. The molecule has 2 fully saturated rings. The predicted octanol–water partition coefficient (Wildman–Crippen LogP) is -2.71. The van der Waals surface area contributed by atoms with Gasteiger partial charge in [-0.05, 0) is 18.2 Å². The van der Waals surface area contributed by atoms with Crippen molar-refractivity contribution in [2.45, 2.75) is 61.4 Å². The predicted molar refractivity (Wildman–Crippen MR) is 142 cm³/mol. The van der Waals surface area contributed by atoms with Crippen molar-refractivity contribution in [2.24, 2.45) is 0 Å². The van der Waals surface area contributed by atoms with E-state index in [0.717, 1.165) is 24.3 Å². The van der Waals surface area contributed by atoms with E-state index in [-0.39, 0.29) is 11.1 Å². The van der Waals surface area contributed by atoms with Crippen LogP contribution in [0.2, 0.25) is 0 Å². The fourth-order valence-corrected chi connectivity index (χ4v) is 4.98. The second kappa shape index (κ2) is 12.3. The third kappa shape index (κ3) is 5.61. The standard InChI is InChI=1S/C27H30O17/c28-6-14-17(34)20(37)22(39)26(41-14)44-25-21(38)18(35)15(7-29)42-27(25)43-24-19(36)16-12(33)4-9(30)5-13(16)40-23(24)8-1-2-10(31)11(32)3-8/h1-5,14-15,17-18,20-22,25-35,37-39H,6-7H2/t14-,15-,17-,18-,20+,21+,22-,25-,26+,27?/m1/s1. The summed E-state index contributed by atoms with van der Waals surface area (Å²) in [6.07, 6.45) is -18.0. The van der Waals surface area contributed by atoms with Crippen molar-refractivity contribution in [3.63, 3.8) is 0 Å². The van der Waals surface area contributed by atoms with Gasteiger partial charge >= 0.3 is 0 Å². The minimum Gasteiger partial charge on any atom is -0.508 e.